The van der Waals surface area contributed by atoms with Crippen molar-refractivity contribution in [3.8, 4) is 0 Å². The maximum Gasteiger partial charge on any atom is 0.257 e. The lowest BCUT2D eigenvalue weighted by Gasteiger charge is -2.21. The van der Waals surface area contributed by atoms with Gasteiger partial charge in [0.15, 0.2) is 5.65 Å². The number of nitrogens with one attached hydrogen (secondary N) is 1. The zero-order valence-corrected chi connectivity index (χ0v) is 14.6. The van der Waals surface area contributed by atoms with E-state index in [4.69, 9.17) is 0 Å². The maximum atomic E-state index is 12.6. The van der Waals surface area contributed by atoms with Crippen molar-refractivity contribution in [2.24, 2.45) is 5.92 Å². The third-order valence-electron chi connectivity index (χ3n) is 4.97. The number of hydrogen-bond acceptors (Lipinski definition) is 3. The van der Waals surface area contributed by atoms with E-state index < -0.39 is 0 Å². The van der Waals surface area contributed by atoms with Gasteiger partial charge in [-0.25, -0.2) is 9.50 Å². The molecule has 1 aliphatic rings. The average Bonchev–Trinajstić information content (AvgIpc) is 3.05. The number of aromatic nitrogens is 3. The lowest BCUT2D eigenvalue weighted by Crippen LogP contribution is -2.23. The van der Waals surface area contributed by atoms with E-state index in [0.717, 1.165) is 24.8 Å². The molecule has 2 heterocycles. The summed E-state index contributed by atoms with van der Waals surface area (Å²) in [5.41, 5.74) is 5.92. The number of benzene rings is 1. The summed E-state index contributed by atoms with van der Waals surface area (Å²) in [6.07, 6.45) is 6.72. The Kier molecular flexibility index (Phi) is 3.99. The van der Waals surface area contributed by atoms with Crippen LogP contribution in [0, 0.1) is 12.8 Å². The van der Waals surface area contributed by atoms with Crippen molar-refractivity contribution in [3.63, 3.8) is 0 Å². The Morgan fingerprint density at radius 3 is 2.88 bits per heavy atom. The van der Waals surface area contributed by atoms with Crippen LogP contribution in [0.3, 0.4) is 0 Å². The Bertz CT molecular complexity index is 927. The molecule has 25 heavy (non-hydrogen) atoms. The van der Waals surface area contributed by atoms with Crippen molar-refractivity contribution >= 4 is 11.6 Å². The number of aryl methyl sites for hydroxylation is 2. The van der Waals surface area contributed by atoms with Crippen LogP contribution in [-0.4, -0.2) is 20.5 Å². The van der Waals surface area contributed by atoms with Gasteiger partial charge in [0.2, 0.25) is 0 Å². The normalized spacial score (nSPS) is 16.6. The summed E-state index contributed by atoms with van der Waals surface area (Å²) in [6.45, 7) is 4.81. The van der Waals surface area contributed by atoms with Gasteiger partial charge in [0, 0.05) is 18.4 Å². The van der Waals surface area contributed by atoms with E-state index in [1.807, 2.05) is 35.0 Å². The minimum absolute atomic E-state index is 0.132. The van der Waals surface area contributed by atoms with Gasteiger partial charge in [0.25, 0.3) is 5.91 Å². The van der Waals surface area contributed by atoms with Gasteiger partial charge in [-0.3, -0.25) is 4.79 Å². The summed E-state index contributed by atoms with van der Waals surface area (Å²) >= 11 is 0. The molecule has 0 saturated heterocycles. The Hall–Kier alpha value is -2.69. The third-order valence-corrected chi connectivity index (χ3v) is 4.97. The van der Waals surface area contributed by atoms with Crippen LogP contribution in [0.4, 0.5) is 0 Å². The highest BCUT2D eigenvalue weighted by atomic mass is 16.1. The van der Waals surface area contributed by atoms with Crippen LogP contribution >= 0.6 is 0 Å². The monoisotopic (exact) mass is 334 g/mol. The first-order valence-electron chi connectivity index (χ1n) is 8.80. The van der Waals surface area contributed by atoms with Gasteiger partial charge in [0.1, 0.15) is 5.56 Å². The minimum Gasteiger partial charge on any atom is -0.348 e. The standard InChI is InChI=1S/C20H22N4O/c1-13-3-6-15(7-4-13)10-22-20(25)17-12-23-24-18-8-5-14(2)9-16(18)11-21-19(17)24/h3-4,6-7,11-12,14H,5,8-10H2,1-2H3,(H,22,25)/t14-/m0/s1. The molecule has 0 spiro atoms. The molecular weight excluding hydrogens is 312 g/mol. The van der Waals surface area contributed by atoms with Gasteiger partial charge in [-0.15, -0.1) is 0 Å². The molecule has 1 aliphatic carbocycles. The van der Waals surface area contributed by atoms with Gasteiger partial charge in [-0.05, 0) is 43.2 Å². The van der Waals surface area contributed by atoms with Gasteiger partial charge >= 0.3 is 0 Å². The highest BCUT2D eigenvalue weighted by Gasteiger charge is 2.21. The zero-order valence-electron chi connectivity index (χ0n) is 14.6. The molecule has 5 nitrogen and oxygen atoms in total. The molecule has 1 amide bonds. The van der Waals surface area contributed by atoms with Gasteiger partial charge in [0.05, 0.1) is 6.20 Å². The number of rotatable bonds is 3. The van der Waals surface area contributed by atoms with E-state index >= 15 is 0 Å². The average molecular weight is 334 g/mol. The van der Waals surface area contributed by atoms with E-state index in [9.17, 15) is 4.79 Å². The molecule has 4 rings (SSSR count). The number of fused-ring (bicyclic) bond motifs is 3. The SMILES string of the molecule is Cc1ccc(CNC(=O)c2cnn3c4c(cnc23)C[C@@H](C)CC4)cc1. The van der Waals surface area contributed by atoms with Crippen molar-refractivity contribution < 1.29 is 4.79 Å². The van der Waals surface area contributed by atoms with Crippen molar-refractivity contribution in [3.05, 3.63) is 64.6 Å². The first-order chi connectivity index (χ1) is 12.1. The summed E-state index contributed by atoms with van der Waals surface area (Å²) in [7, 11) is 0. The minimum atomic E-state index is -0.132. The quantitative estimate of drug-likeness (QED) is 0.801. The first-order valence-corrected chi connectivity index (χ1v) is 8.80. The molecule has 0 radical (unpaired) electrons. The van der Waals surface area contributed by atoms with Gasteiger partial charge in [-0.1, -0.05) is 36.8 Å². The maximum absolute atomic E-state index is 12.6. The Balaban J connectivity index is 1.57. The fourth-order valence-corrected chi connectivity index (χ4v) is 3.45. The summed E-state index contributed by atoms with van der Waals surface area (Å²) in [6, 6.07) is 8.15. The topological polar surface area (TPSA) is 59.3 Å². The highest BCUT2D eigenvalue weighted by molar-refractivity contribution is 5.99. The number of nitrogens with zero attached hydrogens (tertiary/aromatic N) is 3. The van der Waals surface area contributed by atoms with Crippen LogP contribution in [0.25, 0.3) is 5.65 Å². The van der Waals surface area contributed by atoms with Crippen molar-refractivity contribution in [1.82, 2.24) is 19.9 Å². The van der Waals surface area contributed by atoms with Crippen LogP contribution in [0.5, 0.6) is 0 Å². The summed E-state index contributed by atoms with van der Waals surface area (Å²) in [5, 5.41) is 7.41. The molecule has 1 aromatic carbocycles. The van der Waals surface area contributed by atoms with Crippen molar-refractivity contribution in [1.29, 1.82) is 0 Å². The second-order valence-electron chi connectivity index (χ2n) is 7.04. The summed E-state index contributed by atoms with van der Waals surface area (Å²) in [4.78, 5) is 17.1. The van der Waals surface area contributed by atoms with Crippen molar-refractivity contribution in [2.45, 2.75) is 39.7 Å². The van der Waals surface area contributed by atoms with Crippen LogP contribution in [0.1, 0.15) is 46.1 Å². The van der Waals surface area contributed by atoms with Crippen LogP contribution < -0.4 is 5.32 Å². The fraction of sp³-hybridized carbons (Fsp3) is 0.350. The summed E-state index contributed by atoms with van der Waals surface area (Å²) in [5.74, 6) is 0.548. The smallest absolute Gasteiger partial charge is 0.257 e. The van der Waals surface area contributed by atoms with Crippen LogP contribution in [0.2, 0.25) is 0 Å². The number of carbonyl (C=O) groups excluding carboxylic acids is 1. The first kappa shape index (κ1) is 15.8. The molecule has 0 saturated carbocycles. The van der Waals surface area contributed by atoms with Gasteiger partial charge in [-0.2, -0.15) is 5.10 Å². The van der Waals surface area contributed by atoms with Crippen LogP contribution in [-0.2, 0) is 19.4 Å². The molecule has 1 N–H and O–H groups in total. The van der Waals surface area contributed by atoms with E-state index in [1.54, 1.807) is 6.20 Å². The molecule has 0 unspecified atom stereocenters. The molecule has 0 bridgehead atoms. The number of carbonyl (C=O) groups is 1. The van der Waals surface area contributed by atoms with Gasteiger partial charge < -0.3 is 5.32 Å². The Morgan fingerprint density at radius 2 is 2.08 bits per heavy atom. The molecular formula is C20H22N4O. The lowest BCUT2D eigenvalue weighted by atomic mass is 9.89. The second-order valence-corrected chi connectivity index (χ2v) is 7.04. The molecule has 5 heteroatoms. The van der Waals surface area contributed by atoms with E-state index in [0.29, 0.717) is 23.7 Å². The van der Waals surface area contributed by atoms with E-state index in [-0.39, 0.29) is 5.91 Å². The number of amides is 1. The summed E-state index contributed by atoms with van der Waals surface area (Å²) < 4.78 is 1.85. The molecule has 2 aromatic heterocycles. The molecule has 0 fully saturated rings. The molecule has 128 valence electrons. The Morgan fingerprint density at radius 1 is 1.28 bits per heavy atom. The third kappa shape index (κ3) is 3.02. The molecule has 1 atom stereocenters. The van der Waals surface area contributed by atoms with E-state index in [1.165, 1.54) is 16.8 Å². The predicted octanol–water partition coefficient (Wildman–Crippen LogP) is 3.09. The largest absolute Gasteiger partial charge is 0.348 e. The van der Waals surface area contributed by atoms with Crippen LogP contribution in [0.15, 0.2) is 36.7 Å². The van der Waals surface area contributed by atoms with Crippen molar-refractivity contribution in [2.75, 3.05) is 0 Å². The van der Waals surface area contributed by atoms with E-state index in [2.05, 4.69) is 29.2 Å². The Labute approximate surface area is 147 Å². The predicted molar refractivity (Wildman–Crippen MR) is 96.5 cm³/mol. The highest BCUT2D eigenvalue weighted by Crippen LogP contribution is 2.25. The zero-order chi connectivity index (χ0) is 17.4. The lowest BCUT2D eigenvalue weighted by molar-refractivity contribution is 0.0952. The fourth-order valence-electron chi connectivity index (χ4n) is 3.45. The number of hydrogen-bond donors (Lipinski definition) is 1. The molecule has 0 aliphatic heterocycles. The molecule has 3 aromatic rings. The second kappa shape index (κ2) is 6.31.